The fourth-order valence-electron chi connectivity index (χ4n) is 2.34. The van der Waals surface area contributed by atoms with Gasteiger partial charge in [0.05, 0.1) is 0 Å². The van der Waals surface area contributed by atoms with Gasteiger partial charge in [0.2, 0.25) is 0 Å². The lowest BCUT2D eigenvalue weighted by molar-refractivity contribution is 0.413. The molecular weight excluding hydrogens is 182 g/mol. The smallest absolute Gasteiger partial charge is 0.0158 e. The van der Waals surface area contributed by atoms with Gasteiger partial charge in [-0.25, -0.2) is 0 Å². The fourth-order valence-corrected chi connectivity index (χ4v) is 2.34. The molecule has 0 aliphatic carbocycles. The molecule has 1 heteroatoms. The minimum atomic E-state index is 0.257. The van der Waals surface area contributed by atoms with Crippen LogP contribution in [0.5, 0.6) is 0 Å². The molecule has 88 valence electrons. The largest absolute Gasteiger partial charge is 0.388 e. The fraction of sp³-hybridized carbons (Fsp3) is 0.857. The van der Waals surface area contributed by atoms with Crippen LogP contribution in [0.2, 0.25) is 0 Å². The van der Waals surface area contributed by atoms with Crippen molar-refractivity contribution < 1.29 is 0 Å². The van der Waals surface area contributed by atoms with Gasteiger partial charge in [-0.05, 0) is 30.3 Å². The summed E-state index contributed by atoms with van der Waals surface area (Å²) in [6.45, 7) is 15.1. The molecule has 0 aromatic carbocycles. The van der Waals surface area contributed by atoms with Crippen molar-refractivity contribution in [2.45, 2.75) is 60.8 Å². The van der Waals surface area contributed by atoms with Crippen LogP contribution >= 0.6 is 0 Å². The Labute approximate surface area is 95.3 Å². The van der Waals surface area contributed by atoms with Gasteiger partial charge in [0, 0.05) is 17.7 Å². The molecule has 1 N–H and O–H groups in total. The molecule has 1 heterocycles. The lowest BCUT2D eigenvalue weighted by Crippen LogP contribution is -2.28. The van der Waals surface area contributed by atoms with E-state index in [1.165, 1.54) is 25.0 Å². The normalized spacial score (nSPS) is 19.9. The molecule has 1 aliphatic heterocycles. The van der Waals surface area contributed by atoms with Crippen LogP contribution in [0.1, 0.15) is 60.8 Å². The zero-order chi connectivity index (χ0) is 11.7. The number of rotatable bonds is 0. The van der Waals surface area contributed by atoms with E-state index < -0.39 is 0 Å². The first-order chi connectivity index (χ1) is 6.73. The molecule has 1 rings (SSSR count). The SMILES string of the molecule is CC(C)(C)C1=C(C(C)(C)C)NCCCC1. The van der Waals surface area contributed by atoms with E-state index in [9.17, 15) is 0 Å². The number of hydrogen-bond acceptors (Lipinski definition) is 1. The molecule has 0 aromatic heterocycles. The molecule has 0 atom stereocenters. The van der Waals surface area contributed by atoms with E-state index in [1.54, 1.807) is 5.57 Å². The van der Waals surface area contributed by atoms with Gasteiger partial charge in [-0.2, -0.15) is 0 Å². The second-order valence-electron chi connectivity index (χ2n) is 6.74. The number of hydrogen-bond donors (Lipinski definition) is 1. The minimum Gasteiger partial charge on any atom is -0.388 e. The van der Waals surface area contributed by atoms with Crippen LogP contribution in [0.15, 0.2) is 11.3 Å². The number of nitrogens with one attached hydrogen (secondary N) is 1. The highest BCUT2D eigenvalue weighted by molar-refractivity contribution is 5.24. The van der Waals surface area contributed by atoms with Gasteiger partial charge in [0.15, 0.2) is 0 Å². The van der Waals surface area contributed by atoms with E-state index in [-0.39, 0.29) is 5.41 Å². The summed E-state index contributed by atoms with van der Waals surface area (Å²) in [6.07, 6.45) is 3.90. The summed E-state index contributed by atoms with van der Waals surface area (Å²) in [5, 5.41) is 3.66. The average Bonchev–Trinajstić information content (AvgIpc) is 2.24. The summed E-state index contributed by atoms with van der Waals surface area (Å²) in [7, 11) is 0. The Morgan fingerprint density at radius 1 is 0.867 bits per heavy atom. The maximum atomic E-state index is 3.66. The maximum absolute atomic E-state index is 3.66. The second-order valence-corrected chi connectivity index (χ2v) is 6.74. The van der Waals surface area contributed by atoms with Crippen molar-refractivity contribution in [3.8, 4) is 0 Å². The van der Waals surface area contributed by atoms with Crippen LogP contribution < -0.4 is 5.32 Å². The second kappa shape index (κ2) is 4.19. The lowest BCUT2D eigenvalue weighted by atomic mass is 9.77. The van der Waals surface area contributed by atoms with Crippen LogP contribution in [0, 0.1) is 10.8 Å². The van der Waals surface area contributed by atoms with Crippen LogP contribution in [0.25, 0.3) is 0 Å². The summed E-state index contributed by atoms with van der Waals surface area (Å²) in [5.41, 5.74) is 3.69. The predicted molar refractivity (Wildman–Crippen MR) is 67.8 cm³/mol. The van der Waals surface area contributed by atoms with E-state index in [4.69, 9.17) is 0 Å². The summed E-state index contributed by atoms with van der Waals surface area (Å²) in [4.78, 5) is 0. The Hall–Kier alpha value is -0.460. The van der Waals surface area contributed by atoms with E-state index in [2.05, 4.69) is 46.9 Å². The molecule has 1 aliphatic rings. The highest BCUT2D eigenvalue weighted by Gasteiger charge is 2.28. The maximum Gasteiger partial charge on any atom is 0.0158 e. The summed E-state index contributed by atoms with van der Waals surface area (Å²) >= 11 is 0. The standard InChI is InChI=1S/C14H27N/c1-13(2,3)11-9-7-8-10-15-12(11)14(4,5)6/h15H,7-10H2,1-6H3. The molecule has 0 spiro atoms. The lowest BCUT2D eigenvalue weighted by Gasteiger charge is -2.32. The highest BCUT2D eigenvalue weighted by atomic mass is 14.9. The highest BCUT2D eigenvalue weighted by Crippen LogP contribution is 2.38. The summed E-state index contributed by atoms with van der Waals surface area (Å²) in [5.74, 6) is 0. The molecule has 0 fully saturated rings. The molecule has 15 heavy (non-hydrogen) atoms. The summed E-state index contributed by atoms with van der Waals surface area (Å²) < 4.78 is 0. The molecule has 0 bridgehead atoms. The van der Waals surface area contributed by atoms with Gasteiger partial charge in [0.25, 0.3) is 0 Å². The van der Waals surface area contributed by atoms with Crippen molar-refractivity contribution in [3.63, 3.8) is 0 Å². The van der Waals surface area contributed by atoms with Gasteiger partial charge in [-0.1, -0.05) is 41.5 Å². The van der Waals surface area contributed by atoms with Crippen molar-refractivity contribution in [2.24, 2.45) is 10.8 Å². The van der Waals surface area contributed by atoms with E-state index >= 15 is 0 Å². The van der Waals surface area contributed by atoms with Crippen LogP contribution in [-0.4, -0.2) is 6.54 Å². The zero-order valence-corrected chi connectivity index (χ0v) is 11.3. The van der Waals surface area contributed by atoms with Crippen molar-refractivity contribution in [3.05, 3.63) is 11.3 Å². The van der Waals surface area contributed by atoms with Gasteiger partial charge >= 0.3 is 0 Å². The first kappa shape index (κ1) is 12.6. The van der Waals surface area contributed by atoms with Crippen molar-refractivity contribution in [1.82, 2.24) is 5.32 Å². The van der Waals surface area contributed by atoms with E-state index in [0.29, 0.717) is 5.41 Å². The third kappa shape index (κ3) is 3.25. The quantitative estimate of drug-likeness (QED) is 0.633. The molecule has 0 amide bonds. The topological polar surface area (TPSA) is 12.0 Å². The molecular formula is C14H27N. The molecule has 0 saturated carbocycles. The minimum absolute atomic E-state index is 0.257. The molecule has 0 radical (unpaired) electrons. The Morgan fingerprint density at radius 2 is 1.47 bits per heavy atom. The van der Waals surface area contributed by atoms with Gasteiger partial charge in [0.1, 0.15) is 0 Å². The monoisotopic (exact) mass is 209 g/mol. The van der Waals surface area contributed by atoms with Crippen LogP contribution in [0.4, 0.5) is 0 Å². The third-order valence-electron chi connectivity index (χ3n) is 3.11. The summed E-state index contributed by atoms with van der Waals surface area (Å²) in [6, 6.07) is 0. The predicted octanol–water partition coefficient (Wildman–Crippen LogP) is 4.11. The Balaban J connectivity index is 3.13. The zero-order valence-electron chi connectivity index (χ0n) is 11.3. The first-order valence-electron chi connectivity index (χ1n) is 6.21. The third-order valence-corrected chi connectivity index (χ3v) is 3.11. The Kier molecular flexibility index (Phi) is 3.52. The Bertz CT molecular complexity index is 221. The molecule has 0 unspecified atom stereocenters. The Morgan fingerprint density at radius 3 is 1.93 bits per heavy atom. The molecule has 1 nitrogen and oxygen atoms in total. The molecule has 0 aromatic rings. The van der Waals surface area contributed by atoms with Gasteiger partial charge in [-0.3, -0.25) is 0 Å². The van der Waals surface area contributed by atoms with Crippen LogP contribution in [-0.2, 0) is 0 Å². The van der Waals surface area contributed by atoms with Gasteiger partial charge in [-0.15, -0.1) is 0 Å². The van der Waals surface area contributed by atoms with Crippen LogP contribution in [0.3, 0.4) is 0 Å². The molecule has 0 saturated heterocycles. The van der Waals surface area contributed by atoms with Crippen molar-refractivity contribution in [1.29, 1.82) is 0 Å². The van der Waals surface area contributed by atoms with Crippen molar-refractivity contribution in [2.75, 3.05) is 6.54 Å². The average molecular weight is 209 g/mol. The number of allylic oxidation sites excluding steroid dienone is 2. The van der Waals surface area contributed by atoms with E-state index in [1.807, 2.05) is 0 Å². The van der Waals surface area contributed by atoms with Gasteiger partial charge < -0.3 is 5.32 Å². The van der Waals surface area contributed by atoms with Crippen molar-refractivity contribution >= 4 is 0 Å². The van der Waals surface area contributed by atoms with E-state index in [0.717, 1.165) is 6.54 Å². The first-order valence-corrected chi connectivity index (χ1v) is 6.21.